The lowest BCUT2D eigenvalue weighted by molar-refractivity contribution is -0.126. The maximum Gasteiger partial charge on any atom is 0.273 e. The van der Waals surface area contributed by atoms with E-state index in [0.717, 1.165) is 0 Å². The third-order valence-corrected chi connectivity index (χ3v) is 1.93. The van der Waals surface area contributed by atoms with Crippen molar-refractivity contribution in [3.63, 3.8) is 0 Å². The van der Waals surface area contributed by atoms with Crippen molar-refractivity contribution in [3.8, 4) is 11.9 Å². The van der Waals surface area contributed by atoms with Crippen LogP contribution in [0.4, 0.5) is 0 Å². The van der Waals surface area contributed by atoms with Gasteiger partial charge in [-0.05, 0) is 31.2 Å². The molecule has 0 saturated carbocycles. The molecule has 0 heterocycles. The lowest BCUT2D eigenvalue weighted by atomic mass is 10.3. The fraction of sp³-hybridized carbons (Fsp3) is 0.200. The SMILES string of the molecule is C[C@H](Oc1ccc(Cl)cc1)C(=O)NC#N. The minimum absolute atomic E-state index is 0.479. The molecule has 4 nitrogen and oxygen atoms in total. The van der Waals surface area contributed by atoms with E-state index in [1.807, 2.05) is 5.32 Å². The second-order valence-corrected chi connectivity index (χ2v) is 3.25. The number of hydrogen-bond acceptors (Lipinski definition) is 3. The van der Waals surface area contributed by atoms with E-state index in [1.165, 1.54) is 0 Å². The molecule has 0 aliphatic heterocycles. The van der Waals surface area contributed by atoms with Crippen LogP contribution in [0.15, 0.2) is 24.3 Å². The highest BCUT2D eigenvalue weighted by Crippen LogP contribution is 2.16. The summed E-state index contributed by atoms with van der Waals surface area (Å²) >= 11 is 5.68. The van der Waals surface area contributed by atoms with Crippen molar-refractivity contribution < 1.29 is 9.53 Å². The lowest BCUT2D eigenvalue weighted by Crippen LogP contribution is -2.33. The van der Waals surface area contributed by atoms with Crippen molar-refractivity contribution in [1.82, 2.24) is 5.32 Å². The molecule has 1 rings (SSSR count). The van der Waals surface area contributed by atoms with E-state index >= 15 is 0 Å². The van der Waals surface area contributed by atoms with Crippen LogP contribution < -0.4 is 10.1 Å². The maximum absolute atomic E-state index is 11.1. The van der Waals surface area contributed by atoms with Gasteiger partial charge in [0.1, 0.15) is 5.75 Å². The predicted octanol–water partition coefficient (Wildman–Crippen LogP) is 1.70. The summed E-state index contributed by atoms with van der Waals surface area (Å²) in [7, 11) is 0. The third kappa shape index (κ3) is 3.49. The summed E-state index contributed by atoms with van der Waals surface area (Å²) in [4.78, 5) is 11.1. The van der Waals surface area contributed by atoms with Crippen molar-refractivity contribution in [2.75, 3.05) is 0 Å². The van der Waals surface area contributed by atoms with Crippen molar-refractivity contribution in [2.45, 2.75) is 13.0 Å². The highest BCUT2D eigenvalue weighted by atomic mass is 35.5. The lowest BCUT2D eigenvalue weighted by Gasteiger charge is -2.11. The largest absolute Gasteiger partial charge is 0.481 e. The number of nitrogens with one attached hydrogen (secondary N) is 1. The van der Waals surface area contributed by atoms with Gasteiger partial charge in [-0.2, -0.15) is 5.26 Å². The second kappa shape index (κ2) is 5.23. The molecular weight excluding hydrogens is 216 g/mol. The second-order valence-electron chi connectivity index (χ2n) is 2.82. The molecule has 0 aromatic heterocycles. The number of carbonyl (C=O) groups is 1. The Balaban J connectivity index is 2.59. The van der Waals surface area contributed by atoms with Crippen LogP contribution in [-0.4, -0.2) is 12.0 Å². The number of halogens is 1. The molecule has 1 N–H and O–H groups in total. The van der Waals surface area contributed by atoms with Gasteiger partial charge in [0.05, 0.1) is 0 Å². The van der Waals surface area contributed by atoms with Gasteiger partial charge in [0.2, 0.25) is 0 Å². The molecule has 0 unspecified atom stereocenters. The zero-order valence-corrected chi connectivity index (χ0v) is 8.78. The molecular formula is C10H9ClN2O2. The zero-order valence-electron chi connectivity index (χ0n) is 8.03. The molecule has 0 aliphatic rings. The van der Waals surface area contributed by atoms with Crippen LogP contribution in [-0.2, 0) is 4.79 Å². The summed E-state index contributed by atoms with van der Waals surface area (Å²) in [5.74, 6) is 0.0486. The quantitative estimate of drug-likeness (QED) is 0.628. The Morgan fingerprint density at radius 2 is 2.13 bits per heavy atom. The monoisotopic (exact) mass is 224 g/mol. The van der Waals surface area contributed by atoms with Gasteiger partial charge in [0, 0.05) is 5.02 Å². The van der Waals surface area contributed by atoms with E-state index in [2.05, 4.69) is 0 Å². The van der Waals surface area contributed by atoms with E-state index in [-0.39, 0.29) is 0 Å². The zero-order chi connectivity index (χ0) is 11.3. The van der Waals surface area contributed by atoms with Crippen LogP contribution in [0.2, 0.25) is 5.02 Å². The molecule has 0 spiro atoms. The van der Waals surface area contributed by atoms with Gasteiger partial charge in [-0.3, -0.25) is 10.1 Å². The van der Waals surface area contributed by atoms with Gasteiger partial charge in [0.25, 0.3) is 5.91 Å². The Morgan fingerprint density at radius 3 is 2.67 bits per heavy atom. The van der Waals surface area contributed by atoms with Crippen LogP contribution >= 0.6 is 11.6 Å². The van der Waals surface area contributed by atoms with Crippen LogP contribution in [0.5, 0.6) is 5.75 Å². The van der Waals surface area contributed by atoms with E-state index in [1.54, 1.807) is 37.4 Å². The maximum atomic E-state index is 11.1. The first-order chi connectivity index (χ1) is 7.13. The molecule has 0 aliphatic carbocycles. The molecule has 0 fully saturated rings. The van der Waals surface area contributed by atoms with Crippen molar-refractivity contribution in [1.29, 1.82) is 5.26 Å². The Hall–Kier alpha value is -1.73. The first-order valence-electron chi connectivity index (χ1n) is 4.24. The fourth-order valence-electron chi connectivity index (χ4n) is 0.928. The number of rotatable bonds is 3. The highest BCUT2D eigenvalue weighted by Gasteiger charge is 2.13. The van der Waals surface area contributed by atoms with Gasteiger partial charge >= 0.3 is 0 Å². The number of benzene rings is 1. The smallest absolute Gasteiger partial charge is 0.273 e. The van der Waals surface area contributed by atoms with Crippen LogP contribution in [0.1, 0.15) is 6.92 Å². The van der Waals surface area contributed by atoms with Gasteiger partial charge in [-0.25, -0.2) is 0 Å². The van der Waals surface area contributed by atoms with Gasteiger partial charge in [-0.1, -0.05) is 11.6 Å². The molecule has 0 bridgehead atoms. The average Bonchev–Trinajstić information content (AvgIpc) is 2.22. The molecule has 78 valence electrons. The molecule has 1 aromatic rings. The number of nitrogens with zero attached hydrogens (tertiary/aromatic N) is 1. The minimum Gasteiger partial charge on any atom is -0.481 e. The Labute approximate surface area is 92.4 Å². The molecule has 1 amide bonds. The average molecular weight is 225 g/mol. The molecule has 1 atom stereocenters. The summed E-state index contributed by atoms with van der Waals surface area (Å²) in [6, 6.07) is 6.62. The van der Waals surface area contributed by atoms with Crippen molar-refractivity contribution in [3.05, 3.63) is 29.3 Å². The predicted molar refractivity (Wildman–Crippen MR) is 55.3 cm³/mol. The first kappa shape index (κ1) is 11.3. The molecule has 0 saturated heterocycles. The number of hydrogen-bond donors (Lipinski definition) is 1. The number of nitriles is 1. The van der Waals surface area contributed by atoms with Crippen molar-refractivity contribution in [2.24, 2.45) is 0 Å². The molecule has 15 heavy (non-hydrogen) atoms. The normalized spacial score (nSPS) is 11.3. The highest BCUT2D eigenvalue weighted by molar-refractivity contribution is 6.30. The van der Waals surface area contributed by atoms with E-state index < -0.39 is 12.0 Å². The van der Waals surface area contributed by atoms with E-state index in [4.69, 9.17) is 21.6 Å². The molecule has 5 heteroatoms. The van der Waals surface area contributed by atoms with Gasteiger partial charge in [0.15, 0.2) is 12.3 Å². The summed E-state index contributed by atoms with van der Waals surface area (Å²) in [5.41, 5.74) is 0. The number of amides is 1. The van der Waals surface area contributed by atoms with Gasteiger partial charge in [-0.15, -0.1) is 0 Å². The standard InChI is InChI=1S/C10H9ClN2O2/c1-7(10(14)13-6-12)15-9-4-2-8(11)3-5-9/h2-5,7H,1H3,(H,13,14)/t7-/m0/s1. The van der Waals surface area contributed by atoms with Crippen LogP contribution in [0, 0.1) is 11.5 Å². The summed E-state index contributed by atoms with van der Waals surface area (Å²) in [6.07, 6.45) is 0.826. The Bertz CT molecular complexity index is 383. The molecule has 1 aromatic carbocycles. The Morgan fingerprint density at radius 1 is 1.53 bits per heavy atom. The summed E-state index contributed by atoms with van der Waals surface area (Å²) < 4.78 is 5.26. The Kier molecular flexibility index (Phi) is 3.95. The van der Waals surface area contributed by atoms with E-state index in [0.29, 0.717) is 10.8 Å². The van der Waals surface area contributed by atoms with E-state index in [9.17, 15) is 4.79 Å². The van der Waals surface area contributed by atoms with Crippen LogP contribution in [0.25, 0.3) is 0 Å². The van der Waals surface area contributed by atoms with Crippen molar-refractivity contribution >= 4 is 17.5 Å². The summed E-state index contributed by atoms with van der Waals surface area (Å²) in [6.45, 7) is 1.56. The number of ether oxygens (including phenoxy) is 1. The third-order valence-electron chi connectivity index (χ3n) is 1.67. The summed E-state index contributed by atoms with van der Waals surface area (Å²) in [5, 5.41) is 10.8. The number of carbonyl (C=O) groups excluding carboxylic acids is 1. The van der Waals surface area contributed by atoms with Crippen LogP contribution in [0.3, 0.4) is 0 Å². The topological polar surface area (TPSA) is 62.1 Å². The molecule has 0 radical (unpaired) electrons. The first-order valence-corrected chi connectivity index (χ1v) is 4.62. The van der Waals surface area contributed by atoms with Gasteiger partial charge < -0.3 is 4.74 Å². The minimum atomic E-state index is -0.717. The fourth-order valence-corrected chi connectivity index (χ4v) is 1.05.